The minimum atomic E-state index is 0.717. The highest BCUT2D eigenvalue weighted by Crippen LogP contribution is 2.14. The van der Waals surface area contributed by atoms with E-state index in [1.165, 1.54) is 51.7 Å². The zero-order valence-corrected chi connectivity index (χ0v) is 12.2. The quantitative estimate of drug-likeness (QED) is 0.733. The number of nitrogens with one attached hydrogen (secondary N) is 1. The van der Waals surface area contributed by atoms with E-state index in [-0.39, 0.29) is 0 Å². The molecule has 1 heterocycles. The van der Waals surface area contributed by atoms with E-state index in [9.17, 15) is 0 Å². The average molecular weight is 241 g/mol. The van der Waals surface area contributed by atoms with Crippen LogP contribution in [-0.2, 0) is 0 Å². The lowest BCUT2D eigenvalue weighted by Crippen LogP contribution is -2.42. The summed E-state index contributed by atoms with van der Waals surface area (Å²) in [5, 5.41) is 3.39. The molecule has 0 spiro atoms. The van der Waals surface area contributed by atoms with Crippen molar-refractivity contribution >= 4 is 0 Å². The first kappa shape index (κ1) is 14.9. The summed E-state index contributed by atoms with van der Waals surface area (Å²) in [6.07, 6.45) is 6.60. The van der Waals surface area contributed by atoms with Gasteiger partial charge in [-0.3, -0.25) is 0 Å². The summed E-state index contributed by atoms with van der Waals surface area (Å²) in [6, 6.07) is 1.53. The van der Waals surface area contributed by atoms with E-state index in [1.54, 1.807) is 0 Å². The van der Waals surface area contributed by atoms with Crippen molar-refractivity contribution in [3.8, 4) is 0 Å². The molecule has 1 N–H and O–H groups in total. The van der Waals surface area contributed by atoms with Crippen LogP contribution >= 0.6 is 0 Å². The van der Waals surface area contributed by atoms with Gasteiger partial charge in [0.1, 0.15) is 0 Å². The smallest absolute Gasteiger partial charge is 0.0113 e. The van der Waals surface area contributed by atoms with E-state index in [2.05, 4.69) is 43.2 Å². The molecule has 0 radical (unpaired) electrons. The third-order valence-electron chi connectivity index (χ3n) is 4.22. The number of likely N-dealkylation sites (tertiary alicyclic amines) is 1. The van der Waals surface area contributed by atoms with Gasteiger partial charge in [-0.2, -0.15) is 0 Å². The first-order valence-corrected chi connectivity index (χ1v) is 7.23. The maximum absolute atomic E-state index is 3.39. The molecule has 1 unspecified atom stereocenters. The summed E-state index contributed by atoms with van der Waals surface area (Å²) in [6.45, 7) is 6.14. The summed E-state index contributed by atoms with van der Waals surface area (Å²) in [7, 11) is 6.49. The predicted octanol–water partition coefficient (Wildman–Crippen LogP) is 1.79. The number of rotatable bonds is 7. The van der Waals surface area contributed by atoms with E-state index >= 15 is 0 Å². The lowest BCUT2D eigenvalue weighted by atomic mass is 10.0. The molecule has 1 atom stereocenters. The van der Waals surface area contributed by atoms with Gasteiger partial charge in [-0.15, -0.1) is 0 Å². The predicted molar refractivity (Wildman–Crippen MR) is 75.5 cm³/mol. The Labute approximate surface area is 108 Å². The van der Waals surface area contributed by atoms with Crippen molar-refractivity contribution in [3.05, 3.63) is 0 Å². The molecule has 1 saturated heterocycles. The van der Waals surface area contributed by atoms with Crippen molar-refractivity contribution in [2.75, 3.05) is 40.8 Å². The second kappa shape index (κ2) is 8.06. The third kappa shape index (κ3) is 5.36. The number of nitrogens with zero attached hydrogens (tertiary/aromatic N) is 2. The van der Waals surface area contributed by atoms with Crippen molar-refractivity contribution in [2.24, 2.45) is 0 Å². The lowest BCUT2D eigenvalue weighted by Gasteiger charge is -2.35. The molecule has 0 aromatic rings. The van der Waals surface area contributed by atoms with Gasteiger partial charge < -0.3 is 15.1 Å². The standard InChI is InChI=1S/C14H31N3/c1-5-13(15-2)7-6-10-17-11-8-14(9-12-17)16(3)4/h13-15H,5-12H2,1-4H3. The molecule has 1 fully saturated rings. The Morgan fingerprint density at radius 1 is 1.29 bits per heavy atom. The molecule has 0 saturated carbocycles. The molecule has 0 aromatic heterocycles. The highest BCUT2D eigenvalue weighted by molar-refractivity contribution is 4.77. The molecule has 1 rings (SSSR count). The van der Waals surface area contributed by atoms with Gasteiger partial charge in [0.2, 0.25) is 0 Å². The first-order chi connectivity index (χ1) is 8.17. The maximum atomic E-state index is 3.39. The van der Waals surface area contributed by atoms with E-state index in [4.69, 9.17) is 0 Å². The molecule has 0 aromatic carbocycles. The van der Waals surface area contributed by atoms with Gasteiger partial charge in [0.05, 0.1) is 0 Å². The van der Waals surface area contributed by atoms with E-state index in [1.807, 2.05) is 0 Å². The molecule has 3 heteroatoms. The van der Waals surface area contributed by atoms with Crippen LogP contribution in [0.25, 0.3) is 0 Å². The van der Waals surface area contributed by atoms with Crippen LogP contribution in [-0.4, -0.2) is 62.7 Å². The zero-order valence-electron chi connectivity index (χ0n) is 12.2. The Morgan fingerprint density at radius 3 is 2.41 bits per heavy atom. The Balaban J connectivity index is 2.10. The maximum Gasteiger partial charge on any atom is 0.0113 e. The number of hydrogen-bond donors (Lipinski definition) is 1. The van der Waals surface area contributed by atoms with Crippen molar-refractivity contribution in [1.29, 1.82) is 0 Å². The number of piperidine rings is 1. The van der Waals surface area contributed by atoms with Crippen LogP contribution in [0.2, 0.25) is 0 Å². The summed E-state index contributed by atoms with van der Waals surface area (Å²) in [5.41, 5.74) is 0. The molecule has 1 aliphatic rings. The fourth-order valence-corrected chi connectivity index (χ4v) is 2.77. The molecule has 17 heavy (non-hydrogen) atoms. The van der Waals surface area contributed by atoms with Crippen LogP contribution in [0.15, 0.2) is 0 Å². The molecule has 102 valence electrons. The summed E-state index contributed by atoms with van der Waals surface area (Å²) in [5.74, 6) is 0. The second-order valence-electron chi connectivity index (χ2n) is 5.57. The van der Waals surface area contributed by atoms with Gasteiger partial charge in [0, 0.05) is 12.1 Å². The second-order valence-corrected chi connectivity index (χ2v) is 5.57. The van der Waals surface area contributed by atoms with Crippen molar-refractivity contribution in [1.82, 2.24) is 15.1 Å². The topological polar surface area (TPSA) is 18.5 Å². The van der Waals surface area contributed by atoms with Crippen LogP contribution in [0, 0.1) is 0 Å². The summed E-state index contributed by atoms with van der Waals surface area (Å²) >= 11 is 0. The lowest BCUT2D eigenvalue weighted by molar-refractivity contribution is 0.142. The van der Waals surface area contributed by atoms with E-state index in [0.717, 1.165) is 6.04 Å². The van der Waals surface area contributed by atoms with Crippen molar-refractivity contribution in [3.63, 3.8) is 0 Å². The first-order valence-electron chi connectivity index (χ1n) is 7.23. The van der Waals surface area contributed by atoms with Gasteiger partial charge in [-0.25, -0.2) is 0 Å². The fourth-order valence-electron chi connectivity index (χ4n) is 2.77. The highest BCUT2D eigenvalue weighted by atomic mass is 15.2. The SMILES string of the molecule is CCC(CCCN1CCC(N(C)C)CC1)NC. The van der Waals surface area contributed by atoms with E-state index < -0.39 is 0 Å². The minimum Gasteiger partial charge on any atom is -0.317 e. The molecule has 3 nitrogen and oxygen atoms in total. The zero-order chi connectivity index (χ0) is 12.7. The van der Waals surface area contributed by atoms with Gasteiger partial charge in [-0.1, -0.05) is 6.92 Å². The molecule has 0 aliphatic carbocycles. The summed E-state index contributed by atoms with van der Waals surface area (Å²) in [4.78, 5) is 5.02. The minimum absolute atomic E-state index is 0.717. The average Bonchev–Trinajstić information content (AvgIpc) is 2.35. The van der Waals surface area contributed by atoms with Gasteiger partial charge in [0.15, 0.2) is 0 Å². The monoisotopic (exact) mass is 241 g/mol. The van der Waals surface area contributed by atoms with Crippen LogP contribution in [0.1, 0.15) is 39.0 Å². The Kier molecular flexibility index (Phi) is 7.09. The normalized spacial score (nSPS) is 21.0. The molecular formula is C14H31N3. The largest absolute Gasteiger partial charge is 0.317 e. The number of hydrogen-bond acceptors (Lipinski definition) is 3. The van der Waals surface area contributed by atoms with Crippen LogP contribution in [0.5, 0.6) is 0 Å². The Hall–Kier alpha value is -0.120. The van der Waals surface area contributed by atoms with Gasteiger partial charge in [0.25, 0.3) is 0 Å². The van der Waals surface area contributed by atoms with Crippen LogP contribution in [0.4, 0.5) is 0 Å². The Bertz CT molecular complexity index is 182. The fraction of sp³-hybridized carbons (Fsp3) is 1.00. The molecule has 0 amide bonds. The van der Waals surface area contributed by atoms with Gasteiger partial charge >= 0.3 is 0 Å². The van der Waals surface area contributed by atoms with Crippen LogP contribution in [0.3, 0.4) is 0 Å². The third-order valence-corrected chi connectivity index (χ3v) is 4.22. The van der Waals surface area contributed by atoms with Crippen molar-refractivity contribution < 1.29 is 0 Å². The Morgan fingerprint density at radius 2 is 1.94 bits per heavy atom. The van der Waals surface area contributed by atoms with Crippen molar-refractivity contribution in [2.45, 2.75) is 51.1 Å². The highest BCUT2D eigenvalue weighted by Gasteiger charge is 2.20. The van der Waals surface area contributed by atoms with Gasteiger partial charge in [-0.05, 0) is 72.9 Å². The molecule has 0 bridgehead atoms. The summed E-state index contributed by atoms with van der Waals surface area (Å²) < 4.78 is 0. The van der Waals surface area contributed by atoms with Crippen LogP contribution < -0.4 is 5.32 Å². The molecular weight excluding hydrogens is 210 g/mol. The van der Waals surface area contributed by atoms with E-state index in [0.29, 0.717) is 6.04 Å². The molecule has 1 aliphatic heterocycles.